The van der Waals surface area contributed by atoms with E-state index in [1.807, 2.05) is 11.3 Å². The highest BCUT2D eigenvalue weighted by atomic mass is 32.1. The topological polar surface area (TPSA) is 12.0 Å². The molecule has 0 aromatic carbocycles. The fourth-order valence-corrected chi connectivity index (χ4v) is 8.03. The van der Waals surface area contributed by atoms with Crippen LogP contribution in [0.4, 0.5) is 0 Å². The lowest BCUT2D eigenvalue weighted by molar-refractivity contribution is -0.158. The van der Waals surface area contributed by atoms with Crippen molar-refractivity contribution in [3.63, 3.8) is 0 Å². The lowest BCUT2D eigenvalue weighted by Crippen LogP contribution is -2.58. The molecule has 1 N–H and O–H groups in total. The lowest BCUT2D eigenvalue weighted by atomic mass is 9.39. The zero-order chi connectivity index (χ0) is 14.9. The second-order valence-corrected chi connectivity index (χ2v) is 10.3. The van der Waals surface area contributed by atoms with Crippen LogP contribution < -0.4 is 5.32 Å². The summed E-state index contributed by atoms with van der Waals surface area (Å²) in [5.74, 6) is 0.979. The van der Waals surface area contributed by atoms with Crippen molar-refractivity contribution in [1.29, 1.82) is 0 Å². The van der Waals surface area contributed by atoms with Crippen LogP contribution >= 0.6 is 11.3 Å². The van der Waals surface area contributed by atoms with Crippen molar-refractivity contribution in [1.82, 2.24) is 5.32 Å². The number of thiophene rings is 1. The fraction of sp³-hybridized carbons (Fsp3) is 0.789. The quantitative estimate of drug-likeness (QED) is 0.797. The first-order valence-corrected chi connectivity index (χ1v) is 9.46. The van der Waals surface area contributed by atoms with E-state index in [2.05, 4.69) is 44.6 Å². The van der Waals surface area contributed by atoms with Gasteiger partial charge in [0.15, 0.2) is 0 Å². The van der Waals surface area contributed by atoms with Gasteiger partial charge in [0.25, 0.3) is 0 Å². The summed E-state index contributed by atoms with van der Waals surface area (Å²) in [6.07, 6.45) is 8.78. The van der Waals surface area contributed by atoms with Crippen molar-refractivity contribution >= 4 is 11.3 Å². The van der Waals surface area contributed by atoms with Crippen LogP contribution in [0.3, 0.4) is 0 Å². The van der Waals surface area contributed by atoms with Crippen molar-refractivity contribution in [2.45, 2.75) is 65.3 Å². The SMILES string of the molecule is CNC(c1csc(C)c1)C12CC3CC(C)(CC(C)(C3)C1)C2. The van der Waals surface area contributed by atoms with Gasteiger partial charge in [0.05, 0.1) is 0 Å². The first-order valence-electron chi connectivity index (χ1n) is 8.58. The molecule has 5 rings (SSSR count). The van der Waals surface area contributed by atoms with Gasteiger partial charge in [0.1, 0.15) is 0 Å². The van der Waals surface area contributed by atoms with Crippen molar-refractivity contribution in [3.05, 3.63) is 21.9 Å². The Kier molecular flexibility index (Phi) is 2.96. The van der Waals surface area contributed by atoms with Gasteiger partial charge in [-0.25, -0.2) is 0 Å². The van der Waals surface area contributed by atoms with Crippen molar-refractivity contribution in [3.8, 4) is 0 Å². The minimum absolute atomic E-state index is 0.505. The molecule has 1 aromatic rings. The van der Waals surface area contributed by atoms with Gasteiger partial charge >= 0.3 is 0 Å². The highest BCUT2D eigenvalue weighted by Gasteiger charge is 2.62. The Bertz CT molecular complexity index is 542. The van der Waals surface area contributed by atoms with E-state index < -0.39 is 0 Å². The maximum absolute atomic E-state index is 3.73. The first kappa shape index (κ1) is 14.3. The molecule has 3 unspecified atom stereocenters. The molecule has 0 radical (unpaired) electrons. The van der Waals surface area contributed by atoms with Crippen LogP contribution in [0, 0.1) is 29.1 Å². The van der Waals surface area contributed by atoms with Crippen LogP contribution in [0.25, 0.3) is 0 Å². The minimum Gasteiger partial charge on any atom is -0.313 e. The van der Waals surface area contributed by atoms with Gasteiger partial charge in [-0.05, 0) is 91.7 Å². The van der Waals surface area contributed by atoms with Crippen molar-refractivity contribution in [2.24, 2.45) is 22.2 Å². The van der Waals surface area contributed by atoms with Gasteiger partial charge in [-0.3, -0.25) is 0 Å². The molecule has 4 bridgehead atoms. The molecule has 116 valence electrons. The Morgan fingerprint density at radius 1 is 1.14 bits per heavy atom. The third kappa shape index (κ3) is 2.13. The van der Waals surface area contributed by atoms with Gasteiger partial charge in [-0.15, -0.1) is 11.3 Å². The Balaban J connectivity index is 1.75. The van der Waals surface area contributed by atoms with Crippen LogP contribution in [-0.4, -0.2) is 7.05 Å². The molecule has 4 saturated carbocycles. The molecule has 4 aliphatic rings. The van der Waals surface area contributed by atoms with Gasteiger partial charge in [0, 0.05) is 10.9 Å². The van der Waals surface area contributed by atoms with Crippen LogP contribution in [-0.2, 0) is 0 Å². The zero-order valence-electron chi connectivity index (χ0n) is 14.0. The highest BCUT2D eigenvalue weighted by molar-refractivity contribution is 7.10. The third-order valence-corrected chi connectivity index (χ3v) is 7.53. The zero-order valence-corrected chi connectivity index (χ0v) is 14.8. The van der Waals surface area contributed by atoms with Gasteiger partial charge in [0.2, 0.25) is 0 Å². The Labute approximate surface area is 133 Å². The molecule has 4 aliphatic carbocycles. The van der Waals surface area contributed by atoms with E-state index in [4.69, 9.17) is 0 Å². The highest BCUT2D eigenvalue weighted by Crippen LogP contribution is 2.72. The smallest absolute Gasteiger partial charge is 0.0383 e. The maximum Gasteiger partial charge on any atom is 0.0383 e. The molecule has 21 heavy (non-hydrogen) atoms. The van der Waals surface area contributed by atoms with Crippen LogP contribution in [0.5, 0.6) is 0 Å². The van der Waals surface area contributed by atoms with E-state index in [1.54, 1.807) is 5.56 Å². The molecular formula is C19H29NS. The average Bonchev–Trinajstić information content (AvgIpc) is 2.71. The monoisotopic (exact) mass is 303 g/mol. The van der Waals surface area contributed by atoms with Crippen molar-refractivity contribution in [2.75, 3.05) is 7.05 Å². The van der Waals surface area contributed by atoms with Crippen LogP contribution in [0.15, 0.2) is 11.4 Å². The predicted molar refractivity (Wildman–Crippen MR) is 90.7 cm³/mol. The Morgan fingerprint density at radius 3 is 2.29 bits per heavy atom. The molecule has 0 amide bonds. The largest absolute Gasteiger partial charge is 0.313 e. The normalized spacial score (nSPS) is 46.0. The van der Waals surface area contributed by atoms with E-state index in [1.165, 1.54) is 43.4 Å². The second kappa shape index (κ2) is 4.35. The predicted octanol–water partition coefficient (Wildman–Crippen LogP) is 5.31. The van der Waals surface area contributed by atoms with Gasteiger partial charge < -0.3 is 5.32 Å². The van der Waals surface area contributed by atoms with E-state index in [9.17, 15) is 0 Å². The maximum atomic E-state index is 3.73. The fourth-order valence-electron chi connectivity index (χ4n) is 7.30. The average molecular weight is 304 g/mol. The van der Waals surface area contributed by atoms with E-state index in [-0.39, 0.29) is 0 Å². The van der Waals surface area contributed by atoms with Crippen LogP contribution in [0.2, 0.25) is 0 Å². The van der Waals surface area contributed by atoms with E-state index in [0.717, 1.165) is 5.92 Å². The third-order valence-electron chi connectivity index (χ3n) is 6.65. The summed E-state index contributed by atoms with van der Waals surface area (Å²) in [6.45, 7) is 7.40. The number of hydrogen-bond donors (Lipinski definition) is 1. The van der Waals surface area contributed by atoms with Gasteiger partial charge in [-0.1, -0.05) is 13.8 Å². The van der Waals surface area contributed by atoms with Crippen LogP contribution in [0.1, 0.15) is 68.9 Å². The number of rotatable bonds is 3. The number of nitrogens with one attached hydrogen (secondary N) is 1. The molecule has 0 spiro atoms. The molecule has 0 aliphatic heterocycles. The Morgan fingerprint density at radius 2 is 1.81 bits per heavy atom. The summed E-state index contributed by atoms with van der Waals surface area (Å²) in [5.41, 5.74) is 3.27. The molecule has 0 saturated heterocycles. The molecule has 4 fully saturated rings. The molecule has 2 heteroatoms. The lowest BCUT2D eigenvalue weighted by Gasteiger charge is -2.67. The summed E-state index contributed by atoms with van der Waals surface area (Å²) in [4.78, 5) is 1.45. The molecule has 1 aromatic heterocycles. The summed E-state index contributed by atoms with van der Waals surface area (Å²) in [7, 11) is 2.18. The summed E-state index contributed by atoms with van der Waals surface area (Å²) < 4.78 is 0. The van der Waals surface area contributed by atoms with E-state index >= 15 is 0 Å². The standard InChI is InChI=1S/C19H29NS/c1-13-5-15(9-21-13)16(20-4)19-8-14-6-17(2,11-19)10-18(3,7-14)12-19/h5,9,14,16,20H,6-8,10-12H2,1-4H3. The summed E-state index contributed by atoms with van der Waals surface area (Å²) in [6, 6.07) is 2.99. The number of hydrogen-bond acceptors (Lipinski definition) is 2. The first-order chi connectivity index (χ1) is 9.85. The summed E-state index contributed by atoms with van der Waals surface area (Å²) in [5, 5.41) is 6.13. The second-order valence-electron chi connectivity index (χ2n) is 9.20. The molecular weight excluding hydrogens is 274 g/mol. The molecule has 1 nitrogen and oxygen atoms in total. The molecule has 3 atom stereocenters. The van der Waals surface area contributed by atoms with Gasteiger partial charge in [-0.2, -0.15) is 0 Å². The van der Waals surface area contributed by atoms with E-state index in [0.29, 0.717) is 22.3 Å². The molecule has 1 heterocycles. The number of aryl methyl sites for hydroxylation is 1. The minimum atomic E-state index is 0.505. The summed E-state index contributed by atoms with van der Waals surface area (Å²) >= 11 is 1.91. The Hall–Kier alpha value is -0.340. The van der Waals surface area contributed by atoms with Crippen molar-refractivity contribution < 1.29 is 0 Å².